The highest BCUT2D eigenvalue weighted by atomic mass is 16.5. The molecule has 0 atom stereocenters. The van der Waals surface area contributed by atoms with Gasteiger partial charge in [0.1, 0.15) is 0 Å². The number of benzene rings is 1. The van der Waals surface area contributed by atoms with E-state index in [0.717, 1.165) is 0 Å². The first-order valence-corrected chi connectivity index (χ1v) is 6.07. The standard InChI is InChI=1S/C13H19N3O3/c1-3-15-12(17)6-7-16-11-5-4-9(14)8-10(11)13(18)19-2/h4-5,8,16H,3,6-7,14H2,1-2H3,(H,15,17). The van der Waals surface area contributed by atoms with Crippen LogP contribution in [0.1, 0.15) is 23.7 Å². The van der Waals surface area contributed by atoms with Crippen LogP contribution in [0.15, 0.2) is 18.2 Å². The van der Waals surface area contributed by atoms with Crippen LogP contribution in [0.2, 0.25) is 0 Å². The number of hydrogen-bond acceptors (Lipinski definition) is 5. The third kappa shape index (κ3) is 4.50. The predicted molar refractivity (Wildman–Crippen MR) is 74.0 cm³/mol. The Balaban J connectivity index is 2.67. The highest BCUT2D eigenvalue weighted by molar-refractivity contribution is 5.96. The molecule has 0 saturated heterocycles. The summed E-state index contributed by atoms with van der Waals surface area (Å²) in [6, 6.07) is 4.92. The maximum atomic E-state index is 11.6. The zero-order valence-corrected chi connectivity index (χ0v) is 11.2. The molecule has 6 heteroatoms. The van der Waals surface area contributed by atoms with Crippen molar-refractivity contribution in [2.24, 2.45) is 0 Å². The van der Waals surface area contributed by atoms with Crippen LogP contribution in [0, 0.1) is 0 Å². The second-order valence-corrected chi connectivity index (χ2v) is 3.93. The number of carbonyl (C=O) groups excluding carboxylic acids is 2. The largest absolute Gasteiger partial charge is 0.465 e. The fraction of sp³-hybridized carbons (Fsp3) is 0.385. The van der Waals surface area contributed by atoms with Gasteiger partial charge in [-0.25, -0.2) is 4.79 Å². The van der Waals surface area contributed by atoms with Crippen molar-refractivity contribution >= 4 is 23.3 Å². The normalized spacial score (nSPS) is 9.79. The van der Waals surface area contributed by atoms with E-state index in [1.54, 1.807) is 18.2 Å². The van der Waals surface area contributed by atoms with Crippen molar-refractivity contribution in [3.63, 3.8) is 0 Å². The lowest BCUT2D eigenvalue weighted by atomic mass is 10.1. The number of carbonyl (C=O) groups is 2. The van der Waals surface area contributed by atoms with Gasteiger partial charge in [-0.05, 0) is 25.1 Å². The van der Waals surface area contributed by atoms with Crippen molar-refractivity contribution in [2.45, 2.75) is 13.3 Å². The van der Waals surface area contributed by atoms with Crippen LogP contribution in [0.4, 0.5) is 11.4 Å². The summed E-state index contributed by atoms with van der Waals surface area (Å²) in [5.41, 5.74) is 7.08. The van der Waals surface area contributed by atoms with Crippen molar-refractivity contribution in [1.82, 2.24) is 5.32 Å². The van der Waals surface area contributed by atoms with Crippen molar-refractivity contribution in [3.05, 3.63) is 23.8 Å². The van der Waals surface area contributed by atoms with Crippen molar-refractivity contribution in [1.29, 1.82) is 0 Å². The summed E-state index contributed by atoms with van der Waals surface area (Å²) in [5, 5.41) is 5.73. The minimum absolute atomic E-state index is 0.0370. The Morgan fingerprint density at radius 2 is 2.11 bits per heavy atom. The molecule has 0 saturated carbocycles. The van der Waals surface area contributed by atoms with Gasteiger partial charge in [-0.2, -0.15) is 0 Å². The summed E-state index contributed by atoms with van der Waals surface area (Å²) < 4.78 is 4.68. The predicted octanol–water partition coefficient (Wildman–Crippen LogP) is 0.993. The highest BCUT2D eigenvalue weighted by Crippen LogP contribution is 2.19. The molecule has 6 nitrogen and oxygen atoms in total. The van der Waals surface area contributed by atoms with Crippen LogP contribution in [-0.4, -0.2) is 32.1 Å². The third-order valence-electron chi connectivity index (χ3n) is 2.49. The number of amides is 1. The molecule has 19 heavy (non-hydrogen) atoms. The van der Waals surface area contributed by atoms with Crippen LogP contribution < -0.4 is 16.4 Å². The van der Waals surface area contributed by atoms with Gasteiger partial charge in [-0.3, -0.25) is 4.79 Å². The maximum Gasteiger partial charge on any atom is 0.340 e. The van der Waals surface area contributed by atoms with Gasteiger partial charge >= 0.3 is 5.97 Å². The number of methoxy groups -OCH3 is 1. The second kappa shape index (κ2) is 7.25. The van der Waals surface area contributed by atoms with E-state index in [1.165, 1.54) is 7.11 Å². The average Bonchev–Trinajstić information content (AvgIpc) is 2.39. The van der Waals surface area contributed by atoms with E-state index in [2.05, 4.69) is 15.4 Å². The van der Waals surface area contributed by atoms with Crippen LogP contribution in [0.3, 0.4) is 0 Å². The van der Waals surface area contributed by atoms with Crippen molar-refractivity contribution in [3.8, 4) is 0 Å². The SMILES string of the molecule is CCNC(=O)CCNc1ccc(N)cc1C(=O)OC. The summed E-state index contributed by atoms with van der Waals surface area (Å²) in [5.74, 6) is -0.502. The molecular formula is C13H19N3O3. The monoisotopic (exact) mass is 265 g/mol. The molecule has 1 amide bonds. The quantitative estimate of drug-likeness (QED) is 0.527. The molecule has 0 unspecified atom stereocenters. The Hall–Kier alpha value is -2.24. The van der Waals surface area contributed by atoms with Crippen LogP contribution in [0.5, 0.6) is 0 Å². The lowest BCUT2D eigenvalue weighted by Crippen LogP contribution is -2.25. The van der Waals surface area contributed by atoms with Gasteiger partial charge in [-0.15, -0.1) is 0 Å². The zero-order valence-electron chi connectivity index (χ0n) is 11.2. The molecule has 4 N–H and O–H groups in total. The van der Waals surface area contributed by atoms with Crippen molar-refractivity contribution < 1.29 is 14.3 Å². The Kier molecular flexibility index (Phi) is 5.66. The summed E-state index contributed by atoms with van der Waals surface area (Å²) in [6.07, 6.45) is 0.332. The summed E-state index contributed by atoms with van der Waals surface area (Å²) >= 11 is 0. The number of nitrogens with one attached hydrogen (secondary N) is 2. The molecule has 1 aromatic rings. The molecule has 0 radical (unpaired) electrons. The van der Waals surface area contributed by atoms with Gasteiger partial charge in [0.05, 0.1) is 12.7 Å². The fourth-order valence-electron chi connectivity index (χ4n) is 1.59. The summed E-state index contributed by atoms with van der Waals surface area (Å²) in [7, 11) is 1.31. The minimum Gasteiger partial charge on any atom is -0.465 e. The van der Waals surface area contributed by atoms with Gasteiger partial charge in [0.2, 0.25) is 5.91 Å². The number of nitrogen functional groups attached to an aromatic ring is 1. The molecule has 0 aliphatic heterocycles. The fourth-order valence-corrected chi connectivity index (χ4v) is 1.59. The Labute approximate surface area is 112 Å². The topological polar surface area (TPSA) is 93.5 Å². The Bertz CT molecular complexity index is 460. The minimum atomic E-state index is -0.465. The zero-order chi connectivity index (χ0) is 14.3. The highest BCUT2D eigenvalue weighted by Gasteiger charge is 2.12. The number of nitrogens with two attached hydrogens (primary N) is 1. The Morgan fingerprint density at radius 3 is 2.74 bits per heavy atom. The van der Waals surface area contributed by atoms with Gasteiger partial charge in [-0.1, -0.05) is 0 Å². The number of anilines is 2. The molecule has 0 bridgehead atoms. The first-order chi connectivity index (χ1) is 9.08. The molecule has 0 aliphatic rings. The van der Waals surface area contributed by atoms with E-state index in [1.807, 2.05) is 6.92 Å². The van der Waals surface area contributed by atoms with E-state index < -0.39 is 5.97 Å². The molecular weight excluding hydrogens is 246 g/mol. The molecule has 1 rings (SSSR count). The van der Waals surface area contributed by atoms with Crippen LogP contribution in [0.25, 0.3) is 0 Å². The van der Waals surface area contributed by atoms with E-state index in [4.69, 9.17) is 5.73 Å². The maximum absolute atomic E-state index is 11.6. The molecule has 0 heterocycles. The smallest absolute Gasteiger partial charge is 0.340 e. The average molecular weight is 265 g/mol. The Morgan fingerprint density at radius 1 is 1.37 bits per heavy atom. The second-order valence-electron chi connectivity index (χ2n) is 3.93. The first kappa shape index (κ1) is 14.8. The summed E-state index contributed by atoms with van der Waals surface area (Å²) in [4.78, 5) is 22.9. The molecule has 0 aliphatic carbocycles. The molecule has 1 aromatic carbocycles. The van der Waals surface area contributed by atoms with Crippen LogP contribution >= 0.6 is 0 Å². The number of esters is 1. The van der Waals surface area contributed by atoms with Crippen molar-refractivity contribution in [2.75, 3.05) is 31.2 Å². The van der Waals surface area contributed by atoms with E-state index >= 15 is 0 Å². The first-order valence-electron chi connectivity index (χ1n) is 6.07. The van der Waals surface area contributed by atoms with E-state index in [9.17, 15) is 9.59 Å². The number of rotatable bonds is 6. The third-order valence-corrected chi connectivity index (χ3v) is 2.49. The number of ether oxygens (including phenoxy) is 1. The molecule has 0 spiro atoms. The molecule has 104 valence electrons. The van der Waals surface area contributed by atoms with Crippen LogP contribution in [-0.2, 0) is 9.53 Å². The molecule has 0 fully saturated rings. The van der Waals surface area contributed by atoms with E-state index in [0.29, 0.717) is 36.4 Å². The lowest BCUT2D eigenvalue weighted by molar-refractivity contribution is -0.120. The van der Waals surface area contributed by atoms with Gasteiger partial charge in [0.25, 0.3) is 0 Å². The van der Waals surface area contributed by atoms with Gasteiger partial charge < -0.3 is 21.1 Å². The lowest BCUT2D eigenvalue weighted by Gasteiger charge is -2.11. The number of hydrogen-bond donors (Lipinski definition) is 3. The van der Waals surface area contributed by atoms with Gasteiger partial charge in [0, 0.05) is 30.9 Å². The van der Waals surface area contributed by atoms with E-state index in [-0.39, 0.29) is 5.91 Å². The summed E-state index contributed by atoms with van der Waals surface area (Å²) in [6.45, 7) is 2.90. The van der Waals surface area contributed by atoms with Gasteiger partial charge in [0.15, 0.2) is 0 Å². The molecule has 0 aromatic heterocycles.